The van der Waals surface area contributed by atoms with Gasteiger partial charge in [-0.05, 0) is 74.3 Å². The molecule has 12 nitrogen and oxygen atoms in total. The Morgan fingerprint density at radius 1 is 0.841 bits per heavy atom. The number of nitrogens with one attached hydrogen (secondary N) is 1. The van der Waals surface area contributed by atoms with E-state index in [-0.39, 0.29) is 24.3 Å². The van der Waals surface area contributed by atoms with Crippen LogP contribution in [0.1, 0.15) is 69.6 Å². The van der Waals surface area contributed by atoms with E-state index in [4.69, 9.17) is 5.11 Å². The first kappa shape index (κ1) is 28.5. The van der Waals surface area contributed by atoms with Crippen LogP contribution in [0.4, 0.5) is 11.5 Å². The Morgan fingerprint density at radius 3 is 2.36 bits per heavy atom. The Hall–Kier alpha value is -4.32. The van der Waals surface area contributed by atoms with E-state index < -0.39 is 29.7 Å². The molecule has 4 amide bonds. The molecule has 7 rings (SSSR count). The summed E-state index contributed by atoms with van der Waals surface area (Å²) in [6.07, 6.45) is 6.32. The van der Waals surface area contributed by atoms with Gasteiger partial charge in [-0.15, -0.1) is 0 Å². The fraction of sp³-hybridized carbons (Fsp3) is 0.500. The monoisotopic (exact) mass is 600 g/mol. The van der Waals surface area contributed by atoms with Gasteiger partial charge in [-0.2, -0.15) is 0 Å². The normalized spacial score (nSPS) is 27.7. The molecule has 2 unspecified atom stereocenters. The van der Waals surface area contributed by atoms with Crippen LogP contribution in [0, 0.1) is 11.8 Å². The molecule has 4 atom stereocenters. The Kier molecular flexibility index (Phi) is 7.31. The van der Waals surface area contributed by atoms with Crippen LogP contribution in [0.2, 0.25) is 0 Å². The van der Waals surface area contributed by atoms with Crippen molar-refractivity contribution in [2.75, 3.05) is 49.1 Å². The zero-order valence-corrected chi connectivity index (χ0v) is 24.5. The average Bonchev–Trinajstić information content (AvgIpc) is 3.29. The molecule has 0 bridgehead atoms. The predicted molar refractivity (Wildman–Crippen MR) is 160 cm³/mol. The van der Waals surface area contributed by atoms with E-state index in [1.54, 1.807) is 18.2 Å². The molecule has 1 saturated carbocycles. The van der Waals surface area contributed by atoms with Crippen molar-refractivity contribution in [2.24, 2.45) is 11.8 Å². The van der Waals surface area contributed by atoms with Gasteiger partial charge in [0, 0.05) is 63.6 Å². The number of nitrogens with zero attached hydrogens (tertiary/aromatic N) is 5. The first-order chi connectivity index (χ1) is 21.3. The number of carboxylic acids is 1. The van der Waals surface area contributed by atoms with E-state index in [9.17, 15) is 24.0 Å². The highest BCUT2D eigenvalue weighted by atomic mass is 16.4. The number of carbonyl (C=O) groups excluding carboxylic acids is 4. The summed E-state index contributed by atoms with van der Waals surface area (Å²) in [5, 5.41) is 11.4. The Balaban J connectivity index is 0.937. The highest BCUT2D eigenvalue weighted by molar-refractivity contribution is 6.23. The van der Waals surface area contributed by atoms with E-state index >= 15 is 0 Å². The van der Waals surface area contributed by atoms with Gasteiger partial charge in [0.1, 0.15) is 11.9 Å². The highest BCUT2D eigenvalue weighted by Gasteiger charge is 2.45. The fourth-order valence-electron chi connectivity index (χ4n) is 7.83. The van der Waals surface area contributed by atoms with Crippen LogP contribution in [0.5, 0.6) is 0 Å². The van der Waals surface area contributed by atoms with Crippen LogP contribution < -0.4 is 15.1 Å². The van der Waals surface area contributed by atoms with E-state index in [1.165, 1.54) is 19.0 Å². The molecule has 1 aromatic heterocycles. The number of amides is 4. The van der Waals surface area contributed by atoms with Gasteiger partial charge in [0.25, 0.3) is 11.8 Å². The van der Waals surface area contributed by atoms with Gasteiger partial charge in [-0.25, -0.2) is 9.78 Å². The average molecular weight is 601 g/mol. The van der Waals surface area contributed by atoms with Gasteiger partial charge in [0.05, 0.1) is 16.7 Å². The van der Waals surface area contributed by atoms with Crippen LogP contribution >= 0.6 is 0 Å². The van der Waals surface area contributed by atoms with Gasteiger partial charge < -0.3 is 14.9 Å². The molecular formula is C32H36N6O6. The maximum atomic E-state index is 13.3. The summed E-state index contributed by atoms with van der Waals surface area (Å²) in [5.41, 5.74) is 1.73. The maximum Gasteiger partial charge on any atom is 0.337 e. The minimum Gasteiger partial charge on any atom is -0.478 e. The van der Waals surface area contributed by atoms with E-state index in [0.29, 0.717) is 29.0 Å². The Bertz CT molecular complexity index is 1520. The lowest BCUT2D eigenvalue weighted by atomic mass is 9.72. The van der Waals surface area contributed by atoms with Gasteiger partial charge in [0.2, 0.25) is 11.8 Å². The number of rotatable bonds is 5. The molecular weight excluding hydrogens is 564 g/mol. The third kappa shape index (κ3) is 5.10. The minimum absolute atomic E-state index is 0.0994. The van der Waals surface area contributed by atoms with Crippen LogP contribution in [0.3, 0.4) is 0 Å². The van der Waals surface area contributed by atoms with Crippen molar-refractivity contribution in [1.29, 1.82) is 0 Å². The fourth-order valence-corrected chi connectivity index (χ4v) is 7.83. The number of hydrogen-bond acceptors (Lipinski definition) is 9. The number of benzene rings is 1. The summed E-state index contributed by atoms with van der Waals surface area (Å²) in [6.45, 7) is 5.41. The number of hydrogen-bond donors (Lipinski definition) is 2. The molecule has 0 spiro atoms. The molecule has 4 aliphatic heterocycles. The van der Waals surface area contributed by atoms with E-state index in [1.807, 2.05) is 12.1 Å². The number of imide groups is 2. The smallest absolute Gasteiger partial charge is 0.337 e. The van der Waals surface area contributed by atoms with Crippen molar-refractivity contribution in [1.82, 2.24) is 20.1 Å². The molecule has 3 saturated heterocycles. The van der Waals surface area contributed by atoms with Crippen molar-refractivity contribution in [3.63, 3.8) is 0 Å². The molecule has 2 aromatic rings. The van der Waals surface area contributed by atoms with Crippen molar-refractivity contribution >= 4 is 41.1 Å². The number of fused-ring (bicyclic) bond motifs is 2. The summed E-state index contributed by atoms with van der Waals surface area (Å²) in [6, 6.07) is 8.39. The third-order valence-electron chi connectivity index (χ3n) is 10.3. The zero-order chi connectivity index (χ0) is 30.5. The van der Waals surface area contributed by atoms with Crippen LogP contribution in [-0.2, 0) is 9.59 Å². The lowest BCUT2D eigenvalue weighted by molar-refractivity contribution is -0.136. The summed E-state index contributed by atoms with van der Waals surface area (Å²) < 4.78 is 0. The molecule has 5 heterocycles. The van der Waals surface area contributed by atoms with Gasteiger partial charge in [0.15, 0.2) is 0 Å². The predicted octanol–water partition coefficient (Wildman–Crippen LogP) is 2.00. The zero-order valence-electron chi connectivity index (χ0n) is 24.5. The van der Waals surface area contributed by atoms with Crippen LogP contribution in [0.25, 0.3) is 0 Å². The maximum absolute atomic E-state index is 13.3. The second kappa shape index (κ2) is 11.3. The SMILES string of the molecule is O=C1CCC(N2C(=O)c3ccc(N4CCN(C5CC[C@@H]6CN(c7ccc(C(=O)O)cn7)CC[C@@H]6C5)CC4)cc3C2=O)C(=O)N1. The highest BCUT2D eigenvalue weighted by Crippen LogP contribution is 2.39. The first-order valence-corrected chi connectivity index (χ1v) is 15.6. The number of carbonyl (C=O) groups is 5. The van der Waals surface area contributed by atoms with Crippen molar-refractivity contribution < 1.29 is 29.1 Å². The lowest BCUT2D eigenvalue weighted by Crippen LogP contribution is -2.54. The molecule has 12 heteroatoms. The number of piperidine rings is 2. The largest absolute Gasteiger partial charge is 0.478 e. The number of anilines is 2. The van der Waals surface area contributed by atoms with E-state index in [0.717, 1.165) is 68.5 Å². The van der Waals surface area contributed by atoms with Gasteiger partial charge in [-0.1, -0.05) is 0 Å². The summed E-state index contributed by atoms with van der Waals surface area (Å²) in [4.78, 5) is 74.0. The molecule has 44 heavy (non-hydrogen) atoms. The third-order valence-corrected chi connectivity index (χ3v) is 10.3. The quantitative estimate of drug-likeness (QED) is 0.489. The number of pyridine rings is 1. The molecule has 0 radical (unpaired) electrons. The van der Waals surface area contributed by atoms with E-state index in [2.05, 4.69) is 25.0 Å². The van der Waals surface area contributed by atoms with Crippen molar-refractivity contribution in [3.8, 4) is 0 Å². The molecule has 1 aromatic carbocycles. The molecule has 2 N–H and O–H groups in total. The minimum atomic E-state index is -0.962. The Morgan fingerprint density at radius 2 is 1.64 bits per heavy atom. The van der Waals surface area contributed by atoms with Crippen LogP contribution in [0.15, 0.2) is 36.5 Å². The second-order valence-electron chi connectivity index (χ2n) is 12.6. The number of carboxylic acid groups (broad SMARTS) is 1. The van der Waals surface area contributed by atoms with Gasteiger partial charge >= 0.3 is 5.97 Å². The second-order valence-corrected chi connectivity index (χ2v) is 12.6. The summed E-state index contributed by atoms with van der Waals surface area (Å²) in [5.74, 6) is -0.756. The number of aromatic carboxylic acids is 1. The molecule has 5 aliphatic rings. The number of aromatic nitrogens is 1. The molecule has 1 aliphatic carbocycles. The standard InChI is InChI=1S/C32H36N6O6/c39-28-8-6-26(29(40)34-28)38-30(41)24-5-4-23(16-25(24)31(38)42)36-13-11-35(12-14-36)22-3-1-21-18-37(10-9-19(21)15-22)27-7-2-20(17-33-27)32(43)44/h2,4-5,7,16-17,19,21-22,26H,1,3,6,8-15,18H2,(H,43,44)(H,34,39,40)/t19-,21-,22?,26?/m1/s1. The summed E-state index contributed by atoms with van der Waals surface area (Å²) in [7, 11) is 0. The molecule has 230 valence electrons. The van der Waals surface area contributed by atoms with Gasteiger partial charge in [-0.3, -0.25) is 34.3 Å². The van der Waals surface area contributed by atoms with Crippen LogP contribution in [-0.4, -0.2) is 101 Å². The first-order valence-electron chi connectivity index (χ1n) is 15.6. The van der Waals surface area contributed by atoms with Crippen molar-refractivity contribution in [2.45, 2.75) is 50.6 Å². The van der Waals surface area contributed by atoms with Crippen molar-refractivity contribution in [3.05, 3.63) is 53.2 Å². The Labute approximate surface area is 255 Å². The summed E-state index contributed by atoms with van der Waals surface area (Å²) >= 11 is 0. The topological polar surface area (TPSA) is 143 Å². The lowest BCUT2D eigenvalue weighted by Gasteiger charge is -2.48. The molecule has 4 fully saturated rings. The number of piperazine rings is 1.